The minimum Gasteiger partial charge on any atom is -0.381 e. The van der Waals surface area contributed by atoms with Gasteiger partial charge in [0.15, 0.2) is 0 Å². The predicted molar refractivity (Wildman–Crippen MR) is 79.3 cm³/mol. The lowest BCUT2D eigenvalue weighted by atomic mass is 10.2. The van der Waals surface area contributed by atoms with E-state index in [1.54, 1.807) is 11.8 Å². The van der Waals surface area contributed by atoms with Crippen LogP contribution in [0.1, 0.15) is 15.3 Å². The highest BCUT2D eigenvalue weighted by molar-refractivity contribution is 7.98. The van der Waals surface area contributed by atoms with Crippen LogP contribution in [0.25, 0.3) is 0 Å². The van der Waals surface area contributed by atoms with Crippen molar-refractivity contribution in [2.24, 2.45) is 0 Å². The van der Waals surface area contributed by atoms with Crippen LogP contribution in [0, 0.1) is 13.8 Å². The van der Waals surface area contributed by atoms with E-state index in [0.29, 0.717) is 0 Å². The zero-order chi connectivity index (χ0) is 12.3. The van der Waals surface area contributed by atoms with Gasteiger partial charge in [0.25, 0.3) is 0 Å². The molecule has 2 aromatic rings. The third-order valence-electron chi connectivity index (χ3n) is 2.72. The summed E-state index contributed by atoms with van der Waals surface area (Å²) in [7, 11) is 0. The van der Waals surface area contributed by atoms with Crippen LogP contribution in [-0.4, -0.2) is 6.26 Å². The summed E-state index contributed by atoms with van der Waals surface area (Å²) < 4.78 is 0. The van der Waals surface area contributed by atoms with Crippen molar-refractivity contribution in [1.29, 1.82) is 0 Å². The predicted octanol–water partition coefficient (Wildman–Crippen LogP) is 4.70. The van der Waals surface area contributed by atoms with Crippen molar-refractivity contribution in [3.8, 4) is 0 Å². The highest BCUT2D eigenvalue weighted by Gasteiger charge is 2.02. The molecular weight excluding hydrogens is 246 g/mol. The van der Waals surface area contributed by atoms with Crippen LogP contribution >= 0.6 is 23.1 Å². The molecule has 1 nitrogen and oxygen atoms in total. The Bertz CT molecular complexity index is 485. The lowest BCUT2D eigenvalue weighted by molar-refractivity contribution is 1.14. The number of nitrogens with one attached hydrogen (secondary N) is 1. The van der Waals surface area contributed by atoms with Gasteiger partial charge in [-0.2, -0.15) is 0 Å². The van der Waals surface area contributed by atoms with E-state index in [4.69, 9.17) is 0 Å². The molecule has 90 valence electrons. The van der Waals surface area contributed by atoms with Gasteiger partial charge < -0.3 is 5.32 Å². The summed E-state index contributed by atoms with van der Waals surface area (Å²) in [6.45, 7) is 5.26. The van der Waals surface area contributed by atoms with Gasteiger partial charge in [0, 0.05) is 26.9 Å². The maximum absolute atomic E-state index is 3.46. The van der Waals surface area contributed by atoms with Crippen molar-refractivity contribution in [2.75, 3.05) is 11.6 Å². The number of thioether (sulfide) groups is 1. The molecule has 0 saturated heterocycles. The van der Waals surface area contributed by atoms with Gasteiger partial charge in [-0.15, -0.1) is 23.1 Å². The van der Waals surface area contributed by atoms with Crippen LogP contribution in [0.2, 0.25) is 0 Å². The fraction of sp³-hybridized carbons (Fsp3) is 0.286. The van der Waals surface area contributed by atoms with Crippen LogP contribution in [0.15, 0.2) is 35.2 Å². The second-order valence-electron chi connectivity index (χ2n) is 4.02. The fourth-order valence-electron chi connectivity index (χ4n) is 1.77. The second-order valence-corrected chi connectivity index (χ2v) is 6.36. The molecule has 3 heteroatoms. The first-order valence-electron chi connectivity index (χ1n) is 5.63. The largest absolute Gasteiger partial charge is 0.381 e. The Balaban J connectivity index is 1.99. The molecular formula is C14H17NS2. The summed E-state index contributed by atoms with van der Waals surface area (Å²) in [5, 5.41) is 3.46. The van der Waals surface area contributed by atoms with Crippen LogP contribution in [0.3, 0.4) is 0 Å². The SMILES string of the molecule is CSc1ccc(NCc2cc(C)sc2C)cc1. The van der Waals surface area contributed by atoms with Crippen molar-refractivity contribution in [3.05, 3.63) is 45.6 Å². The zero-order valence-electron chi connectivity index (χ0n) is 10.4. The van der Waals surface area contributed by atoms with E-state index in [1.165, 1.54) is 25.9 Å². The van der Waals surface area contributed by atoms with Gasteiger partial charge in [-0.3, -0.25) is 0 Å². The molecule has 0 aliphatic carbocycles. The summed E-state index contributed by atoms with van der Waals surface area (Å²) in [5.74, 6) is 0. The number of aryl methyl sites for hydroxylation is 2. The molecule has 0 aliphatic rings. The van der Waals surface area contributed by atoms with Crippen molar-refractivity contribution in [2.45, 2.75) is 25.3 Å². The first kappa shape index (κ1) is 12.5. The molecule has 0 fully saturated rings. The molecule has 2 rings (SSSR count). The van der Waals surface area contributed by atoms with Crippen molar-refractivity contribution >= 4 is 28.8 Å². The molecule has 17 heavy (non-hydrogen) atoms. The molecule has 0 atom stereocenters. The monoisotopic (exact) mass is 263 g/mol. The van der Waals surface area contributed by atoms with Crippen molar-refractivity contribution < 1.29 is 0 Å². The Morgan fingerprint density at radius 3 is 2.41 bits per heavy atom. The van der Waals surface area contributed by atoms with Gasteiger partial charge in [0.05, 0.1) is 0 Å². The highest BCUT2D eigenvalue weighted by Crippen LogP contribution is 2.22. The van der Waals surface area contributed by atoms with Crippen molar-refractivity contribution in [1.82, 2.24) is 0 Å². The average molecular weight is 263 g/mol. The van der Waals surface area contributed by atoms with E-state index in [2.05, 4.69) is 55.8 Å². The van der Waals surface area contributed by atoms with Gasteiger partial charge >= 0.3 is 0 Å². The van der Waals surface area contributed by atoms with E-state index in [0.717, 1.165) is 6.54 Å². The van der Waals surface area contributed by atoms with E-state index in [-0.39, 0.29) is 0 Å². The summed E-state index contributed by atoms with van der Waals surface area (Å²) >= 11 is 3.64. The van der Waals surface area contributed by atoms with Gasteiger partial charge in [0.1, 0.15) is 0 Å². The number of hydrogen-bond donors (Lipinski definition) is 1. The number of thiophene rings is 1. The lowest BCUT2D eigenvalue weighted by Gasteiger charge is -2.06. The van der Waals surface area contributed by atoms with E-state index >= 15 is 0 Å². The third-order valence-corrected chi connectivity index (χ3v) is 4.47. The summed E-state index contributed by atoms with van der Waals surface area (Å²) in [5.41, 5.74) is 2.59. The molecule has 1 aromatic carbocycles. The molecule has 1 N–H and O–H groups in total. The van der Waals surface area contributed by atoms with Crippen LogP contribution in [0.4, 0.5) is 5.69 Å². The maximum atomic E-state index is 3.46. The topological polar surface area (TPSA) is 12.0 Å². The molecule has 0 amide bonds. The maximum Gasteiger partial charge on any atom is 0.0411 e. The minimum absolute atomic E-state index is 0.911. The lowest BCUT2D eigenvalue weighted by Crippen LogP contribution is -1.98. The Labute approximate surface area is 111 Å². The highest BCUT2D eigenvalue weighted by atomic mass is 32.2. The number of anilines is 1. The molecule has 0 aliphatic heterocycles. The third kappa shape index (κ3) is 3.27. The molecule has 0 unspecified atom stereocenters. The van der Waals surface area contributed by atoms with Gasteiger partial charge in [-0.05, 0) is 56.0 Å². The minimum atomic E-state index is 0.911. The summed E-state index contributed by atoms with van der Waals surface area (Å²) in [4.78, 5) is 4.10. The molecule has 1 aromatic heterocycles. The first-order chi connectivity index (χ1) is 8.19. The fourth-order valence-corrected chi connectivity index (χ4v) is 3.12. The van der Waals surface area contributed by atoms with E-state index in [9.17, 15) is 0 Å². The van der Waals surface area contributed by atoms with E-state index in [1.807, 2.05) is 11.3 Å². The Hall–Kier alpha value is -0.930. The Kier molecular flexibility index (Phi) is 4.13. The van der Waals surface area contributed by atoms with Gasteiger partial charge in [-0.25, -0.2) is 0 Å². The molecule has 0 saturated carbocycles. The molecule has 0 spiro atoms. The summed E-state index contributed by atoms with van der Waals surface area (Å²) in [6.07, 6.45) is 2.10. The van der Waals surface area contributed by atoms with Crippen LogP contribution in [0.5, 0.6) is 0 Å². The quantitative estimate of drug-likeness (QED) is 0.803. The first-order valence-corrected chi connectivity index (χ1v) is 7.67. The van der Waals surface area contributed by atoms with E-state index < -0.39 is 0 Å². The molecule has 1 heterocycles. The van der Waals surface area contributed by atoms with Crippen LogP contribution in [-0.2, 0) is 6.54 Å². The number of rotatable bonds is 4. The standard InChI is InChI=1S/C14H17NS2/c1-10-8-12(11(2)17-10)9-15-13-4-6-14(16-3)7-5-13/h4-8,15H,9H2,1-3H3. The average Bonchev–Trinajstić information content (AvgIpc) is 2.66. The number of hydrogen-bond acceptors (Lipinski definition) is 3. The molecule has 0 bridgehead atoms. The zero-order valence-corrected chi connectivity index (χ0v) is 12.0. The second kappa shape index (κ2) is 5.61. The van der Waals surface area contributed by atoms with Crippen LogP contribution < -0.4 is 5.32 Å². The Morgan fingerprint density at radius 1 is 1.18 bits per heavy atom. The summed E-state index contributed by atoms with van der Waals surface area (Å²) in [6, 6.07) is 10.8. The molecule has 0 radical (unpaired) electrons. The Morgan fingerprint density at radius 2 is 1.88 bits per heavy atom. The van der Waals surface area contributed by atoms with Gasteiger partial charge in [-0.1, -0.05) is 0 Å². The van der Waals surface area contributed by atoms with Crippen molar-refractivity contribution in [3.63, 3.8) is 0 Å². The smallest absolute Gasteiger partial charge is 0.0411 e. The number of benzene rings is 1. The van der Waals surface area contributed by atoms with Gasteiger partial charge in [0.2, 0.25) is 0 Å². The normalized spacial score (nSPS) is 10.5.